The molecule has 1 aromatic heterocycles. The maximum absolute atomic E-state index is 8.83. The lowest BCUT2D eigenvalue weighted by molar-refractivity contribution is 0.371. The zero-order valence-electron chi connectivity index (χ0n) is 12.3. The highest BCUT2D eigenvalue weighted by molar-refractivity contribution is 7.80. The van der Waals surface area contributed by atoms with E-state index in [2.05, 4.69) is 21.3 Å². The van der Waals surface area contributed by atoms with Crippen molar-refractivity contribution >= 4 is 17.3 Å². The molecule has 1 saturated carbocycles. The van der Waals surface area contributed by atoms with Crippen molar-refractivity contribution in [1.29, 1.82) is 5.26 Å². The van der Waals surface area contributed by atoms with Gasteiger partial charge in [0.2, 0.25) is 0 Å². The topological polar surface area (TPSA) is 52.0 Å². The maximum atomic E-state index is 8.83. The molecule has 1 N–H and O–H groups in total. The van der Waals surface area contributed by atoms with Gasteiger partial charge < -0.3 is 10.2 Å². The number of thiocarbonyl (C=S) groups is 1. The minimum atomic E-state index is 0.479. The lowest BCUT2D eigenvalue weighted by Crippen LogP contribution is -2.45. The third kappa shape index (κ3) is 5.31. The van der Waals surface area contributed by atoms with Crippen LogP contribution in [0.15, 0.2) is 24.5 Å². The second kappa shape index (κ2) is 8.58. The van der Waals surface area contributed by atoms with Gasteiger partial charge in [-0.05, 0) is 36.7 Å². The van der Waals surface area contributed by atoms with E-state index in [4.69, 9.17) is 17.5 Å². The summed E-state index contributed by atoms with van der Waals surface area (Å²) in [6.45, 7) is 1.36. The Bertz CT molecular complexity index is 477. The third-order valence-corrected chi connectivity index (χ3v) is 4.19. The first-order valence-electron chi connectivity index (χ1n) is 7.61. The molecule has 0 unspecified atom stereocenters. The van der Waals surface area contributed by atoms with Gasteiger partial charge in [-0.1, -0.05) is 25.3 Å². The standard InChI is InChI=1S/C16H22N4S/c17-9-5-11-20(13-14-6-4-10-18-12-14)16(21)19-15-7-2-1-3-8-15/h4,6,10,12,15H,1-3,5,7-8,11,13H2,(H,19,21). The zero-order chi connectivity index (χ0) is 14.9. The monoisotopic (exact) mass is 302 g/mol. The van der Waals surface area contributed by atoms with Crippen molar-refractivity contribution in [2.24, 2.45) is 0 Å². The molecule has 1 aromatic rings. The molecule has 0 aromatic carbocycles. The highest BCUT2D eigenvalue weighted by Crippen LogP contribution is 2.18. The Balaban J connectivity index is 1.94. The van der Waals surface area contributed by atoms with Gasteiger partial charge in [0.15, 0.2) is 5.11 Å². The molecule has 0 amide bonds. The predicted octanol–water partition coefficient (Wildman–Crippen LogP) is 3.00. The van der Waals surface area contributed by atoms with Crippen LogP contribution < -0.4 is 5.32 Å². The average Bonchev–Trinajstić information content (AvgIpc) is 2.53. The summed E-state index contributed by atoms with van der Waals surface area (Å²) >= 11 is 5.55. The highest BCUT2D eigenvalue weighted by atomic mass is 32.1. The molecule has 0 saturated heterocycles. The minimum absolute atomic E-state index is 0.479. The number of nitrogens with zero attached hydrogens (tertiary/aromatic N) is 3. The van der Waals surface area contributed by atoms with Gasteiger partial charge in [-0.15, -0.1) is 0 Å². The van der Waals surface area contributed by atoms with Crippen LogP contribution in [0, 0.1) is 11.3 Å². The number of hydrogen-bond acceptors (Lipinski definition) is 3. The van der Waals surface area contributed by atoms with Gasteiger partial charge in [0, 0.05) is 31.5 Å². The Kier molecular flexibility index (Phi) is 6.42. The third-order valence-electron chi connectivity index (χ3n) is 3.81. The summed E-state index contributed by atoms with van der Waals surface area (Å²) in [5.74, 6) is 0. The average molecular weight is 302 g/mol. The quantitative estimate of drug-likeness (QED) is 0.847. The predicted molar refractivity (Wildman–Crippen MR) is 87.5 cm³/mol. The second-order valence-corrected chi connectivity index (χ2v) is 5.86. The van der Waals surface area contributed by atoms with E-state index in [9.17, 15) is 0 Å². The van der Waals surface area contributed by atoms with E-state index in [1.807, 2.05) is 18.3 Å². The number of hydrogen-bond donors (Lipinski definition) is 1. The van der Waals surface area contributed by atoms with Gasteiger partial charge in [0.25, 0.3) is 0 Å². The van der Waals surface area contributed by atoms with Gasteiger partial charge in [-0.25, -0.2) is 0 Å². The first-order chi connectivity index (χ1) is 10.3. The summed E-state index contributed by atoms with van der Waals surface area (Å²) in [5, 5.41) is 13.1. The lowest BCUT2D eigenvalue weighted by atomic mass is 9.96. The summed E-state index contributed by atoms with van der Waals surface area (Å²) in [4.78, 5) is 6.21. The van der Waals surface area contributed by atoms with E-state index in [0.29, 0.717) is 25.6 Å². The van der Waals surface area contributed by atoms with E-state index in [0.717, 1.165) is 10.7 Å². The lowest BCUT2D eigenvalue weighted by Gasteiger charge is -2.30. The molecule has 1 heterocycles. The molecule has 0 atom stereocenters. The number of nitrogens with one attached hydrogen (secondary N) is 1. The Morgan fingerprint density at radius 1 is 1.43 bits per heavy atom. The maximum Gasteiger partial charge on any atom is 0.169 e. The largest absolute Gasteiger partial charge is 0.360 e. The van der Waals surface area contributed by atoms with Crippen LogP contribution >= 0.6 is 12.2 Å². The van der Waals surface area contributed by atoms with Crippen LogP contribution in [0.1, 0.15) is 44.1 Å². The normalized spacial score (nSPS) is 15.2. The summed E-state index contributed by atoms with van der Waals surface area (Å²) in [7, 11) is 0. The first kappa shape index (κ1) is 15.7. The molecule has 1 aliphatic carbocycles. The molecule has 112 valence electrons. The van der Waals surface area contributed by atoms with Crippen molar-refractivity contribution in [1.82, 2.24) is 15.2 Å². The van der Waals surface area contributed by atoms with Crippen molar-refractivity contribution < 1.29 is 0 Å². The van der Waals surface area contributed by atoms with Crippen LogP contribution in [-0.4, -0.2) is 27.6 Å². The summed E-state index contributed by atoms with van der Waals surface area (Å²) < 4.78 is 0. The van der Waals surface area contributed by atoms with Crippen LogP contribution in [-0.2, 0) is 6.54 Å². The minimum Gasteiger partial charge on any atom is -0.360 e. The number of rotatable bonds is 5. The SMILES string of the molecule is N#CCCN(Cc1cccnc1)C(=S)NC1CCCCC1. The summed E-state index contributed by atoms with van der Waals surface area (Å²) in [6.07, 6.45) is 10.4. The van der Waals surface area contributed by atoms with Gasteiger partial charge in [-0.3, -0.25) is 4.98 Å². The Morgan fingerprint density at radius 3 is 2.90 bits per heavy atom. The van der Waals surface area contributed by atoms with E-state index < -0.39 is 0 Å². The molecule has 21 heavy (non-hydrogen) atoms. The van der Waals surface area contributed by atoms with Crippen molar-refractivity contribution in [3.8, 4) is 6.07 Å². The summed E-state index contributed by atoms with van der Waals surface area (Å²) in [6, 6.07) is 6.65. The first-order valence-corrected chi connectivity index (χ1v) is 8.01. The van der Waals surface area contributed by atoms with Crippen LogP contribution in [0.3, 0.4) is 0 Å². The van der Waals surface area contributed by atoms with Gasteiger partial charge in [0.05, 0.1) is 12.5 Å². The zero-order valence-corrected chi connectivity index (χ0v) is 13.1. The van der Waals surface area contributed by atoms with Crippen molar-refractivity contribution in [3.05, 3.63) is 30.1 Å². The molecular weight excluding hydrogens is 280 g/mol. The molecule has 0 spiro atoms. The van der Waals surface area contributed by atoms with E-state index in [1.165, 1.54) is 32.1 Å². The van der Waals surface area contributed by atoms with Gasteiger partial charge in [-0.2, -0.15) is 5.26 Å². The van der Waals surface area contributed by atoms with Crippen molar-refractivity contribution in [3.63, 3.8) is 0 Å². The van der Waals surface area contributed by atoms with Crippen LogP contribution in [0.5, 0.6) is 0 Å². The fraction of sp³-hybridized carbons (Fsp3) is 0.562. The second-order valence-electron chi connectivity index (χ2n) is 5.48. The highest BCUT2D eigenvalue weighted by Gasteiger charge is 2.17. The van der Waals surface area contributed by atoms with Crippen molar-refractivity contribution in [2.75, 3.05) is 6.54 Å². The Morgan fingerprint density at radius 2 is 2.24 bits per heavy atom. The molecule has 0 bridgehead atoms. The van der Waals surface area contributed by atoms with Crippen LogP contribution in [0.2, 0.25) is 0 Å². The number of nitriles is 1. The van der Waals surface area contributed by atoms with Gasteiger partial charge in [0.1, 0.15) is 0 Å². The molecule has 0 aliphatic heterocycles. The van der Waals surface area contributed by atoms with E-state index in [1.54, 1.807) is 6.20 Å². The smallest absolute Gasteiger partial charge is 0.169 e. The molecular formula is C16H22N4S. The molecule has 0 radical (unpaired) electrons. The van der Waals surface area contributed by atoms with E-state index >= 15 is 0 Å². The molecule has 1 aliphatic rings. The Labute approximate surface area is 132 Å². The summed E-state index contributed by atoms with van der Waals surface area (Å²) in [5.41, 5.74) is 1.11. The number of pyridine rings is 1. The molecule has 5 heteroatoms. The fourth-order valence-electron chi connectivity index (χ4n) is 2.66. The van der Waals surface area contributed by atoms with E-state index in [-0.39, 0.29) is 0 Å². The van der Waals surface area contributed by atoms with Crippen LogP contribution in [0.4, 0.5) is 0 Å². The van der Waals surface area contributed by atoms with Crippen LogP contribution in [0.25, 0.3) is 0 Å². The molecule has 4 nitrogen and oxygen atoms in total. The fourth-order valence-corrected chi connectivity index (χ4v) is 2.98. The number of aromatic nitrogens is 1. The Hall–Kier alpha value is -1.67. The molecule has 1 fully saturated rings. The van der Waals surface area contributed by atoms with Gasteiger partial charge >= 0.3 is 0 Å². The van der Waals surface area contributed by atoms with Crippen molar-refractivity contribution in [2.45, 2.75) is 51.1 Å². The molecule has 2 rings (SSSR count).